The van der Waals surface area contributed by atoms with Crippen molar-refractivity contribution in [3.63, 3.8) is 0 Å². The molecule has 4 nitrogen and oxygen atoms in total. The Labute approximate surface area is 105 Å². The minimum Gasteiger partial charge on any atom is -0.353 e. The van der Waals surface area contributed by atoms with Crippen molar-refractivity contribution in [1.29, 1.82) is 0 Å². The summed E-state index contributed by atoms with van der Waals surface area (Å²) in [5.41, 5.74) is 1.06. The number of nitrogens with zero attached hydrogens (tertiary/aromatic N) is 1. The maximum atomic E-state index is 10.8. The number of hydrogen-bond donors (Lipinski definition) is 0. The average molecular weight is 256 g/mol. The Hall–Kier alpha value is -0.970. The fourth-order valence-corrected chi connectivity index (χ4v) is 1.92. The van der Waals surface area contributed by atoms with Crippen LogP contribution in [0.4, 0.5) is 0 Å². The number of carbonyl (C=O) groups is 1. The first kappa shape index (κ1) is 12.5. The van der Waals surface area contributed by atoms with Crippen molar-refractivity contribution in [3.05, 3.63) is 28.5 Å². The van der Waals surface area contributed by atoms with Gasteiger partial charge in [0.15, 0.2) is 12.6 Å². The van der Waals surface area contributed by atoms with Gasteiger partial charge in [-0.3, -0.25) is 9.78 Å². The number of ether oxygens (including phenoxy) is 2. The molecule has 0 spiro atoms. The number of rotatable bonds is 4. The summed E-state index contributed by atoms with van der Waals surface area (Å²) >= 11 is 5.83. The lowest BCUT2D eigenvalue weighted by Gasteiger charge is -2.22. The average Bonchev–Trinajstić information content (AvgIpc) is 2.38. The number of aldehydes is 1. The lowest BCUT2D eigenvalue weighted by atomic mass is 10.2. The van der Waals surface area contributed by atoms with Gasteiger partial charge in [0.1, 0.15) is 5.69 Å². The van der Waals surface area contributed by atoms with Crippen LogP contribution in [-0.4, -0.2) is 24.2 Å². The van der Waals surface area contributed by atoms with Crippen molar-refractivity contribution >= 4 is 17.9 Å². The van der Waals surface area contributed by atoms with E-state index in [9.17, 15) is 4.79 Å². The summed E-state index contributed by atoms with van der Waals surface area (Å²) in [4.78, 5) is 14.7. The summed E-state index contributed by atoms with van der Waals surface area (Å²) in [5, 5.41) is 0.499. The maximum absolute atomic E-state index is 10.8. The van der Waals surface area contributed by atoms with Gasteiger partial charge < -0.3 is 9.47 Å². The summed E-state index contributed by atoms with van der Waals surface area (Å²) in [6, 6.07) is 1.70. The Balaban J connectivity index is 1.97. The molecule has 2 rings (SSSR count). The normalized spacial score (nSPS) is 20.2. The second-order valence-electron chi connectivity index (χ2n) is 3.92. The molecule has 1 aromatic heterocycles. The van der Waals surface area contributed by atoms with Gasteiger partial charge in [-0.25, -0.2) is 0 Å². The van der Waals surface area contributed by atoms with Crippen LogP contribution < -0.4 is 0 Å². The molecule has 1 unspecified atom stereocenters. The first-order valence-corrected chi connectivity index (χ1v) is 6.00. The monoisotopic (exact) mass is 255 g/mol. The third-order valence-electron chi connectivity index (χ3n) is 2.64. The van der Waals surface area contributed by atoms with Crippen LogP contribution in [-0.2, 0) is 16.1 Å². The zero-order valence-corrected chi connectivity index (χ0v) is 10.2. The molecule has 17 heavy (non-hydrogen) atoms. The molecular formula is C12H14ClNO3. The zero-order chi connectivity index (χ0) is 12.1. The fraction of sp³-hybridized carbons (Fsp3) is 0.500. The molecule has 0 radical (unpaired) electrons. The minimum atomic E-state index is -0.178. The Morgan fingerprint density at radius 1 is 1.59 bits per heavy atom. The minimum absolute atomic E-state index is 0.178. The summed E-state index contributed by atoms with van der Waals surface area (Å²) < 4.78 is 11.0. The lowest BCUT2D eigenvalue weighted by Crippen LogP contribution is -2.22. The quantitative estimate of drug-likeness (QED) is 0.776. The molecular weight excluding hydrogens is 242 g/mol. The van der Waals surface area contributed by atoms with E-state index in [1.54, 1.807) is 6.07 Å². The van der Waals surface area contributed by atoms with Gasteiger partial charge in [0, 0.05) is 18.4 Å². The van der Waals surface area contributed by atoms with E-state index < -0.39 is 0 Å². The molecule has 1 aromatic rings. The molecule has 1 aliphatic rings. The van der Waals surface area contributed by atoms with Crippen molar-refractivity contribution in [2.24, 2.45) is 0 Å². The molecule has 1 aliphatic heterocycles. The number of hydrogen-bond acceptors (Lipinski definition) is 4. The van der Waals surface area contributed by atoms with Gasteiger partial charge in [0.05, 0.1) is 11.6 Å². The molecule has 2 heterocycles. The largest absolute Gasteiger partial charge is 0.353 e. The van der Waals surface area contributed by atoms with Crippen LogP contribution in [0.25, 0.3) is 0 Å². The number of pyridine rings is 1. The second-order valence-corrected chi connectivity index (χ2v) is 4.36. The van der Waals surface area contributed by atoms with Gasteiger partial charge in [-0.2, -0.15) is 0 Å². The molecule has 0 amide bonds. The Kier molecular flexibility index (Phi) is 4.48. The van der Waals surface area contributed by atoms with Crippen LogP contribution in [0.15, 0.2) is 12.3 Å². The molecule has 1 saturated heterocycles. The van der Waals surface area contributed by atoms with E-state index in [1.165, 1.54) is 6.20 Å². The molecule has 0 bridgehead atoms. The summed E-state index contributed by atoms with van der Waals surface area (Å²) in [6.45, 7) is 1.03. The van der Waals surface area contributed by atoms with E-state index in [0.29, 0.717) is 29.2 Å². The molecule has 0 N–H and O–H groups in total. The number of aromatic nitrogens is 1. The van der Waals surface area contributed by atoms with E-state index in [2.05, 4.69) is 4.98 Å². The Morgan fingerprint density at radius 3 is 3.18 bits per heavy atom. The molecule has 5 heteroatoms. The van der Waals surface area contributed by atoms with Crippen molar-refractivity contribution in [2.45, 2.75) is 32.2 Å². The van der Waals surface area contributed by atoms with E-state index in [1.807, 2.05) is 0 Å². The van der Waals surface area contributed by atoms with E-state index >= 15 is 0 Å². The first-order valence-electron chi connectivity index (χ1n) is 5.62. The predicted molar refractivity (Wildman–Crippen MR) is 63.0 cm³/mol. The highest BCUT2D eigenvalue weighted by atomic mass is 35.5. The highest BCUT2D eigenvalue weighted by molar-refractivity contribution is 6.30. The van der Waals surface area contributed by atoms with Gasteiger partial charge in [0.25, 0.3) is 0 Å². The fourth-order valence-electron chi connectivity index (χ4n) is 1.74. The molecule has 1 atom stereocenters. The lowest BCUT2D eigenvalue weighted by molar-refractivity contribution is -0.169. The van der Waals surface area contributed by atoms with Crippen LogP contribution in [0.5, 0.6) is 0 Å². The Bertz CT molecular complexity index is 391. The SMILES string of the molecule is O=Cc1ncc(Cl)cc1COC1CCCCO1. The predicted octanol–water partition coefficient (Wildman–Crippen LogP) is 2.59. The van der Waals surface area contributed by atoms with Crippen molar-refractivity contribution in [2.75, 3.05) is 6.61 Å². The standard InChI is InChI=1S/C12H14ClNO3/c13-10-5-9(11(7-15)14-6-10)8-17-12-3-1-2-4-16-12/h5-7,12H,1-4,8H2. The molecule has 0 aliphatic carbocycles. The van der Waals surface area contributed by atoms with Crippen LogP contribution >= 0.6 is 11.6 Å². The van der Waals surface area contributed by atoms with Crippen LogP contribution in [0.1, 0.15) is 35.3 Å². The van der Waals surface area contributed by atoms with Gasteiger partial charge in [0.2, 0.25) is 0 Å². The molecule has 1 fully saturated rings. The summed E-state index contributed by atoms with van der Waals surface area (Å²) in [6.07, 6.45) is 5.06. The Morgan fingerprint density at radius 2 is 2.47 bits per heavy atom. The zero-order valence-electron chi connectivity index (χ0n) is 9.39. The van der Waals surface area contributed by atoms with Crippen LogP contribution in [0.2, 0.25) is 5.02 Å². The molecule has 0 aromatic carbocycles. The van der Waals surface area contributed by atoms with Crippen molar-refractivity contribution in [3.8, 4) is 0 Å². The topological polar surface area (TPSA) is 48.4 Å². The van der Waals surface area contributed by atoms with Crippen LogP contribution in [0.3, 0.4) is 0 Å². The van der Waals surface area contributed by atoms with Crippen molar-refractivity contribution in [1.82, 2.24) is 4.98 Å². The third kappa shape index (κ3) is 3.49. The van der Waals surface area contributed by atoms with E-state index in [4.69, 9.17) is 21.1 Å². The van der Waals surface area contributed by atoms with E-state index in [0.717, 1.165) is 25.9 Å². The van der Waals surface area contributed by atoms with Gasteiger partial charge >= 0.3 is 0 Å². The summed E-state index contributed by atoms with van der Waals surface area (Å²) in [7, 11) is 0. The first-order chi connectivity index (χ1) is 8.29. The van der Waals surface area contributed by atoms with Crippen LogP contribution in [0, 0.1) is 0 Å². The third-order valence-corrected chi connectivity index (χ3v) is 2.85. The van der Waals surface area contributed by atoms with Crippen molar-refractivity contribution < 1.29 is 14.3 Å². The number of halogens is 1. The van der Waals surface area contributed by atoms with Gasteiger partial charge in [-0.15, -0.1) is 0 Å². The highest BCUT2D eigenvalue weighted by Gasteiger charge is 2.15. The maximum Gasteiger partial charge on any atom is 0.168 e. The van der Waals surface area contributed by atoms with Gasteiger partial charge in [-0.1, -0.05) is 11.6 Å². The second kappa shape index (κ2) is 6.10. The smallest absolute Gasteiger partial charge is 0.168 e. The van der Waals surface area contributed by atoms with E-state index in [-0.39, 0.29) is 6.29 Å². The molecule has 92 valence electrons. The van der Waals surface area contributed by atoms with Gasteiger partial charge in [-0.05, 0) is 25.3 Å². The molecule has 0 saturated carbocycles. The number of carbonyl (C=O) groups excluding carboxylic acids is 1. The highest BCUT2D eigenvalue weighted by Crippen LogP contribution is 2.18. The summed E-state index contributed by atoms with van der Waals surface area (Å²) in [5.74, 6) is 0.